The Kier molecular flexibility index (Phi) is 11.6. The Balaban J connectivity index is 1.66. The van der Waals surface area contributed by atoms with E-state index in [1.807, 2.05) is 36.4 Å². The molecule has 0 saturated carbocycles. The number of aromatic amines is 1. The molecule has 6 N–H and O–H groups in total. The number of pyridine rings is 1. The van der Waals surface area contributed by atoms with Gasteiger partial charge in [0.05, 0.1) is 13.7 Å². The molecule has 2 heterocycles. The maximum Gasteiger partial charge on any atom is 0.170 e. The highest BCUT2D eigenvalue weighted by molar-refractivity contribution is 6.05. The monoisotopic (exact) mass is 617 g/mol. The number of benzene rings is 1. The first-order valence-corrected chi connectivity index (χ1v) is 16.0. The Morgan fingerprint density at radius 3 is 2.47 bits per heavy atom. The normalized spacial score (nSPS) is 18.0. The number of aliphatic hydroxyl groups excluding tert-OH is 2. The molecule has 0 aliphatic heterocycles. The van der Waals surface area contributed by atoms with Gasteiger partial charge in [0.25, 0.3) is 0 Å². The van der Waals surface area contributed by atoms with Crippen molar-refractivity contribution in [1.82, 2.24) is 9.97 Å². The fourth-order valence-electron chi connectivity index (χ4n) is 6.42. The molecule has 0 bridgehead atoms. The van der Waals surface area contributed by atoms with Crippen LogP contribution in [0, 0.1) is 5.41 Å². The number of nitrogen functional groups attached to an aromatic ring is 1. The van der Waals surface area contributed by atoms with Crippen molar-refractivity contribution >= 4 is 23.5 Å². The number of phenols is 1. The van der Waals surface area contributed by atoms with Crippen LogP contribution in [0.1, 0.15) is 98.4 Å². The summed E-state index contributed by atoms with van der Waals surface area (Å²) in [6.07, 6.45) is 10.2. The molecule has 0 saturated heterocycles. The third-order valence-electron chi connectivity index (χ3n) is 9.02. The van der Waals surface area contributed by atoms with Crippen molar-refractivity contribution in [3.05, 3.63) is 76.2 Å². The summed E-state index contributed by atoms with van der Waals surface area (Å²) in [6.45, 7) is 3.96. The van der Waals surface area contributed by atoms with Gasteiger partial charge in [-0.15, -0.1) is 0 Å². The Labute approximate surface area is 265 Å². The number of hydrogen-bond donors (Lipinski definition) is 5. The van der Waals surface area contributed by atoms with E-state index in [4.69, 9.17) is 10.5 Å². The number of hydrogen-bond acceptors (Lipinski definition) is 8. The van der Waals surface area contributed by atoms with Crippen molar-refractivity contribution in [2.45, 2.75) is 90.1 Å². The molecule has 3 aromatic rings. The number of nitrogens with two attached hydrogens (primary N) is 1. The van der Waals surface area contributed by atoms with E-state index in [9.17, 15) is 24.9 Å². The lowest BCUT2D eigenvalue weighted by Crippen LogP contribution is -2.36. The minimum absolute atomic E-state index is 0.0540. The lowest BCUT2D eigenvalue weighted by molar-refractivity contribution is -0.138. The lowest BCUT2D eigenvalue weighted by atomic mass is 9.63. The summed E-state index contributed by atoms with van der Waals surface area (Å²) in [5.74, 6) is -1.05. The molecule has 45 heavy (non-hydrogen) atoms. The van der Waals surface area contributed by atoms with Crippen LogP contribution in [0.3, 0.4) is 0 Å². The number of ketones is 2. The van der Waals surface area contributed by atoms with Crippen molar-refractivity contribution in [2.24, 2.45) is 5.41 Å². The molecule has 0 amide bonds. The molecule has 0 unspecified atom stereocenters. The third-order valence-corrected chi connectivity index (χ3v) is 9.02. The number of aliphatic hydroxyl groups is 2. The largest absolute Gasteiger partial charge is 0.504 e. The first-order chi connectivity index (χ1) is 21.7. The van der Waals surface area contributed by atoms with Crippen LogP contribution in [-0.2, 0) is 28.9 Å². The van der Waals surface area contributed by atoms with E-state index in [0.29, 0.717) is 35.3 Å². The molecule has 1 aromatic carbocycles. The standard InChI is InChI=1S/C36H47N3O6/c1-4-6-7-8-9-10-29(41)34(44)30(42)14-11-23-19-28(33(43)31(20-23)45-3)32-26-16-18-38-35(37)27(26)15-17-36(32,22-40)21-25-13-12-24(5-2)39-25/h12-13,15-20,32,34,39-40,43-44H,4-11,14,21-22H2,1-3H3,(H2,37,38)/t32-,34-,36-/m0/s1. The van der Waals surface area contributed by atoms with Gasteiger partial charge < -0.3 is 30.8 Å². The number of methoxy groups -OCH3 is 1. The molecule has 1 aliphatic carbocycles. The summed E-state index contributed by atoms with van der Waals surface area (Å²) in [6, 6.07) is 9.36. The number of phenolic OH excluding ortho intramolecular Hbond substituents is 1. The SMILES string of the molecule is CCCCCCCC(=O)[C@H](O)C(=O)CCc1cc(OC)c(O)c([C@@H]2c3ccnc(N)c3C=C[C@@]2(CO)Cc2ccc(CC)[nH]2)c1. The summed E-state index contributed by atoms with van der Waals surface area (Å²) < 4.78 is 5.57. The lowest BCUT2D eigenvalue weighted by Gasteiger charge is -2.41. The topological polar surface area (TPSA) is 159 Å². The zero-order chi connectivity index (χ0) is 32.6. The number of nitrogens with zero attached hydrogens (tertiary/aromatic N) is 1. The molecule has 3 atom stereocenters. The van der Waals surface area contributed by atoms with E-state index in [-0.39, 0.29) is 37.4 Å². The van der Waals surface area contributed by atoms with E-state index in [0.717, 1.165) is 49.1 Å². The number of carbonyl (C=O) groups is 2. The molecule has 4 rings (SSSR count). The number of aryl methyl sites for hydroxylation is 2. The van der Waals surface area contributed by atoms with Crippen LogP contribution in [0.2, 0.25) is 0 Å². The van der Waals surface area contributed by atoms with Gasteiger partial charge in [-0.05, 0) is 61.1 Å². The number of nitrogens with one attached hydrogen (secondary N) is 1. The van der Waals surface area contributed by atoms with Gasteiger partial charge in [0.2, 0.25) is 0 Å². The van der Waals surface area contributed by atoms with Gasteiger partial charge in [0.15, 0.2) is 29.2 Å². The molecule has 9 nitrogen and oxygen atoms in total. The number of ether oxygens (including phenoxy) is 1. The molecule has 2 aromatic heterocycles. The quantitative estimate of drug-likeness (QED) is 0.0989. The maximum atomic E-state index is 12.9. The molecular weight excluding hydrogens is 570 g/mol. The van der Waals surface area contributed by atoms with Crippen LogP contribution in [0.4, 0.5) is 5.82 Å². The Bertz CT molecular complexity index is 1510. The molecule has 242 valence electrons. The number of rotatable bonds is 17. The van der Waals surface area contributed by atoms with Gasteiger partial charge >= 0.3 is 0 Å². The highest BCUT2D eigenvalue weighted by Gasteiger charge is 2.44. The van der Waals surface area contributed by atoms with Crippen LogP contribution in [0.25, 0.3) is 6.08 Å². The number of unbranched alkanes of at least 4 members (excludes halogenated alkanes) is 4. The van der Waals surface area contributed by atoms with Crippen LogP contribution in [0.15, 0.2) is 42.6 Å². The number of fused-ring (bicyclic) bond motifs is 1. The smallest absolute Gasteiger partial charge is 0.170 e. The average molecular weight is 618 g/mol. The van der Waals surface area contributed by atoms with Crippen molar-refractivity contribution < 1.29 is 29.6 Å². The predicted octanol–water partition coefficient (Wildman–Crippen LogP) is 5.44. The second-order valence-electron chi connectivity index (χ2n) is 12.1. The molecule has 0 spiro atoms. The Morgan fingerprint density at radius 1 is 1.04 bits per heavy atom. The van der Waals surface area contributed by atoms with Gasteiger partial charge in [-0.25, -0.2) is 4.98 Å². The van der Waals surface area contributed by atoms with E-state index < -0.39 is 29.0 Å². The zero-order valence-electron chi connectivity index (χ0n) is 26.6. The third kappa shape index (κ3) is 7.65. The first-order valence-electron chi connectivity index (χ1n) is 16.0. The van der Waals surface area contributed by atoms with E-state index in [2.05, 4.69) is 23.8 Å². The second-order valence-corrected chi connectivity index (χ2v) is 12.1. The molecule has 0 fully saturated rings. The fraction of sp³-hybridized carbons (Fsp3) is 0.472. The van der Waals surface area contributed by atoms with Gasteiger partial charge in [-0.1, -0.05) is 57.7 Å². The Morgan fingerprint density at radius 2 is 1.78 bits per heavy atom. The van der Waals surface area contributed by atoms with E-state index in [1.165, 1.54) is 7.11 Å². The average Bonchev–Trinajstić information content (AvgIpc) is 3.50. The Hall–Kier alpha value is -3.95. The molecule has 1 aliphatic rings. The summed E-state index contributed by atoms with van der Waals surface area (Å²) in [5.41, 5.74) is 10.1. The van der Waals surface area contributed by atoms with Crippen LogP contribution < -0.4 is 10.5 Å². The minimum Gasteiger partial charge on any atom is -0.504 e. The van der Waals surface area contributed by atoms with Crippen molar-refractivity contribution in [1.29, 1.82) is 0 Å². The molecular formula is C36H47N3O6. The zero-order valence-corrected chi connectivity index (χ0v) is 26.6. The molecule has 0 radical (unpaired) electrons. The van der Waals surface area contributed by atoms with Gasteiger partial charge in [0, 0.05) is 52.9 Å². The van der Waals surface area contributed by atoms with E-state index >= 15 is 0 Å². The van der Waals surface area contributed by atoms with Gasteiger partial charge in [0.1, 0.15) is 5.82 Å². The van der Waals surface area contributed by atoms with Crippen molar-refractivity contribution in [2.75, 3.05) is 19.5 Å². The van der Waals surface area contributed by atoms with Crippen LogP contribution in [-0.4, -0.2) is 56.7 Å². The number of aromatic nitrogens is 2. The predicted molar refractivity (Wildman–Crippen MR) is 175 cm³/mol. The highest BCUT2D eigenvalue weighted by atomic mass is 16.5. The van der Waals surface area contributed by atoms with Crippen molar-refractivity contribution in [3.63, 3.8) is 0 Å². The van der Waals surface area contributed by atoms with Crippen LogP contribution in [0.5, 0.6) is 11.5 Å². The summed E-state index contributed by atoms with van der Waals surface area (Å²) in [7, 11) is 1.46. The highest BCUT2D eigenvalue weighted by Crippen LogP contribution is 2.53. The van der Waals surface area contributed by atoms with Crippen molar-refractivity contribution in [3.8, 4) is 11.5 Å². The van der Waals surface area contributed by atoms with Gasteiger partial charge in [-0.2, -0.15) is 0 Å². The van der Waals surface area contributed by atoms with Crippen LogP contribution >= 0.6 is 0 Å². The number of anilines is 1. The number of H-pyrrole nitrogens is 1. The summed E-state index contributed by atoms with van der Waals surface area (Å²) >= 11 is 0. The maximum absolute atomic E-state index is 12.9. The summed E-state index contributed by atoms with van der Waals surface area (Å²) in [4.78, 5) is 33.0. The minimum atomic E-state index is -1.64. The number of aromatic hydroxyl groups is 1. The van der Waals surface area contributed by atoms with E-state index in [1.54, 1.807) is 12.3 Å². The summed E-state index contributed by atoms with van der Waals surface area (Å²) in [5, 5.41) is 33.0. The van der Waals surface area contributed by atoms with Gasteiger partial charge in [-0.3, -0.25) is 9.59 Å². The first kappa shape index (κ1) is 33.9. The second kappa shape index (κ2) is 15.4. The number of carbonyl (C=O) groups excluding carboxylic acids is 2. The fourth-order valence-corrected chi connectivity index (χ4v) is 6.42. The number of Topliss-reactive ketones (excluding diaryl/α,β-unsaturated/α-hetero) is 2. The molecule has 9 heteroatoms.